The van der Waals surface area contributed by atoms with Gasteiger partial charge in [0.05, 0.1) is 12.7 Å². The molecule has 1 amide bonds. The molecule has 0 aromatic heterocycles. The summed E-state index contributed by atoms with van der Waals surface area (Å²) in [4.78, 5) is 17.1. The van der Waals surface area contributed by atoms with Crippen LogP contribution in [0.5, 0.6) is 5.75 Å². The number of hydrogen-bond acceptors (Lipinski definition) is 4. The van der Waals surface area contributed by atoms with Gasteiger partial charge in [-0.2, -0.15) is 0 Å². The zero-order chi connectivity index (χ0) is 14.8. The van der Waals surface area contributed by atoms with Crippen molar-refractivity contribution in [3.05, 3.63) is 28.2 Å². The minimum Gasteiger partial charge on any atom is -0.497 e. The molecule has 1 N–H and O–H groups in total. The highest BCUT2D eigenvalue weighted by atomic mass is 79.9. The number of rotatable bonds is 3. The van der Waals surface area contributed by atoms with Crippen LogP contribution in [0, 0.1) is 0 Å². The van der Waals surface area contributed by atoms with Crippen LogP contribution in [0.2, 0.25) is 0 Å². The van der Waals surface area contributed by atoms with Crippen molar-refractivity contribution in [2.24, 2.45) is 0 Å². The van der Waals surface area contributed by atoms with E-state index in [1.165, 1.54) is 0 Å². The van der Waals surface area contributed by atoms with Crippen LogP contribution in [-0.4, -0.2) is 68.1 Å². The van der Waals surface area contributed by atoms with Crippen molar-refractivity contribution < 1.29 is 9.53 Å². The van der Waals surface area contributed by atoms with E-state index < -0.39 is 0 Å². The minimum atomic E-state index is 0.0761. The Morgan fingerprint density at radius 3 is 2.57 bits per heavy atom. The van der Waals surface area contributed by atoms with Gasteiger partial charge < -0.3 is 15.0 Å². The van der Waals surface area contributed by atoms with E-state index in [0.29, 0.717) is 17.4 Å². The fourth-order valence-corrected chi connectivity index (χ4v) is 3.20. The summed E-state index contributed by atoms with van der Waals surface area (Å²) in [6.07, 6.45) is 0. The van der Waals surface area contributed by atoms with Crippen molar-refractivity contribution in [1.29, 1.82) is 0 Å². The van der Waals surface area contributed by atoms with Crippen LogP contribution in [0.1, 0.15) is 10.4 Å². The highest BCUT2D eigenvalue weighted by Gasteiger charge is 2.30. The first kappa shape index (κ1) is 14.8. The van der Waals surface area contributed by atoms with Crippen molar-refractivity contribution in [2.75, 3.05) is 46.4 Å². The van der Waals surface area contributed by atoms with E-state index in [-0.39, 0.29) is 5.91 Å². The van der Waals surface area contributed by atoms with E-state index in [0.717, 1.165) is 43.7 Å². The molecule has 2 saturated heterocycles. The van der Waals surface area contributed by atoms with E-state index in [4.69, 9.17) is 4.74 Å². The molecule has 1 aromatic rings. The van der Waals surface area contributed by atoms with Crippen LogP contribution in [0.4, 0.5) is 0 Å². The highest BCUT2D eigenvalue weighted by molar-refractivity contribution is 9.10. The monoisotopic (exact) mass is 353 g/mol. The number of carbonyl (C=O) groups is 1. The van der Waals surface area contributed by atoms with Gasteiger partial charge in [0.2, 0.25) is 0 Å². The van der Waals surface area contributed by atoms with Gasteiger partial charge in [0.25, 0.3) is 5.91 Å². The molecule has 0 atom stereocenters. The van der Waals surface area contributed by atoms with Crippen molar-refractivity contribution in [3.8, 4) is 5.75 Å². The summed E-state index contributed by atoms with van der Waals surface area (Å²) >= 11 is 3.46. The molecular weight excluding hydrogens is 334 g/mol. The molecule has 2 fully saturated rings. The van der Waals surface area contributed by atoms with E-state index in [1.807, 2.05) is 17.0 Å². The maximum Gasteiger partial charge on any atom is 0.255 e. The molecule has 0 aliphatic carbocycles. The zero-order valence-corrected chi connectivity index (χ0v) is 13.7. The smallest absolute Gasteiger partial charge is 0.255 e. The summed E-state index contributed by atoms with van der Waals surface area (Å²) in [6, 6.07) is 6.17. The Hall–Kier alpha value is -1.11. The molecule has 2 aliphatic heterocycles. The topological polar surface area (TPSA) is 44.8 Å². The second kappa shape index (κ2) is 6.34. The normalized spacial score (nSPS) is 20.2. The average molecular weight is 354 g/mol. The SMILES string of the molecule is COc1ccc(Br)c(C(=O)N2CCN(C3CNC3)CC2)c1. The molecule has 0 radical (unpaired) electrons. The third-order valence-electron chi connectivity index (χ3n) is 4.28. The molecule has 21 heavy (non-hydrogen) atoms. The van der Waals surface area contributed by atoms with Crippen LogP contribution in [0.15, 0.2) is 22.7 Å². The van der Waals surface area contributed by atoms with E-state index in [2.05, 4.69) is 26.1 Å². The summed E-state index contributed by atoms with van der Waals surface area (Å²) in [5.41, 5.74) is 0.674. The molecule has 0 saturated carbocycles. The number of piperazine rings is 1. The zero-order valence-electron chi connectivity index (χ0n) is 12.1. The summed E-state index contributed by atoms with van der Waals surface area (Å²) < 4.78 is 6.03. The third-order valence-corrected chi connectivity index (χ3v) is 4.97. The number of halogens is 1. The number of methoxy groups -OCH3 is 1. The molecule has 2 aliphatic rings. The number of carbonyl (C=O) groups excluding carboxylic acids is 1. The lowest BCUT2D eigenvalue weighted by Gasteiger charge is -2.43. The first-order chi connectivity index (χ1) is 10.2. The van der Waals surface area contributed by atoms with Crippen LogP contribution < -0.4 is 10.1 Å². The summed E-state index contributed by atoms with van der Waals surface area (Å²) in [6.45, 7) is 5.65. The van der Waals surface area contributed by atoms with Crippen LogP contribution >= 0.6 is 15.9 Å². The fourth-order valence-electron chi connectivity index (χ4n) is 2.79. The molecule has 0 unspecified atom stereocenters. The van der Waals surface area contributed by atoms with Crippen molar-refractivity contribution in [3.63, 3.8) is 0 Å². The van der Waals surface area contributed by atoms with Gasteiger partial charge in [0.15, 0.2) is 0 Å². The van der Waals surface area contributed by atoms with Gasteiger partial charge in [-0.05, 0) is 34.1 Å². The molecule has 6 heteroatoms. The maximum absolute atomic E-state index is 12.7. The van der Waals surface area contributed by atoms with Crippen LogP contribution in [0.3, 0.4) is 0 Å². The van der Waals surface area contributed by atoms with Gasteiger partial charge in [-0.1, -0.05) is 0 Å². The van der Waals surface area contributed by atoms with Crippen molar-refractivity contribution in [1.82, 2.24) is 15.1 Å². The molecule has 2 heterocycles. The largest absolute Gasteiger partial charge is 0.497 e. The summed E-state index contributed by atoms with van der Waals surface area (Å²) in [7, 11) is 1.61. The van der Waals surface area contributed by atoms with Gasteiger partial charge in [-0.3, -0.25) is 9.69 Å². The molecule has 3 rings (SSSR count). The Kier molecular flexibility index (Phi) is 4.47. The molecule has 114 valence electrons. The van der Waals surface area contributed by atoms with Gasteiger partial charge in [-0.25, -0.2) is 0 Å². The molecular formula is C15H20BrN3O2. The third kappa shape index (κ3) is 3.07. The lowest BCUT2D eigenvalue weighted by Crippen LogP contribution is -2.62. The minimum absolute atomic E-state index is 0.0761. The van der Waals surface area contributed by atoms with Crippen molar-refractivity contribution in [2.45, 2.75) is 6.04 Å². The van der Waals surface area contributed by atoms with Crippen molar-refractivity contribution >= 4 is 21.8 Å². The number of amides is 1. The Labute approximate surface area is 133 Å². The average Bonchev–Trinajstić information content (AvgIpc) is 2.46. The summed E-state index contributed by atoms with van der Waals surface area (Å²) in [5.74, 6) is 0.785. The first-order valence-corrected chi connectivity index (χ1v) is 8.06. The number of nitrogens with one attached hydrogen (secondary N) is 1. The lowest BCUT2D eigenvalue weighted by atomic mass is 10.1. The van der Waals surface area contributed by atoms with Gasteiger partial charge in [-0.15, -0.1) is 0 Å². The van der Waals surface area contributed by atoms with Crippen LogP contribution in [0.25, 0.3) is 0 Å². The Bertz CT molecular complexity index is 526. The van der Waals surface area contributed by atoms with Gasteiger partial charge in [0.1, 0.15) is 5.75 Å². The number of nitrogens with zero attached hydrogens (tertiary/aromatic N) is 2. The van der Waals surface area contributed by atoms with Gasteiger partial charge in [0, 0.05) is 49.8 Å². The second-order valence-corrected chi connectivity index (χ2v) is 6.34. The maximum atomic E-state index is 12.7. The lowest BCUT2D eigenvalue weighted by molar-refractivity contribution is 0.0501. The van der Waals surface area contributed by atoms with E-state index >= 15 is 0 Å². The molecule has 0 spiro atoms. The number of hydrogen-bond donors (Lipinski definition) is 1. The standard InChI is InChI=1S/C15H20BrN3O2/c1-21-12-2-3-14(16)13(8-12)15(20)19-6-4-18(5-7-19)11-9-17-10-11/h2-3,8,11,17H,4-7,9-10H2,1H3. The Morgan fingerprint density at radius 1 is 1.29 bits per heavy atom. The quantitative estimate of drug-likeness (QED) is 0.886. The highest BCUT2D eigenvalue weighted by Crippen LogP contribution is 2.24. The first-order valence-electron chi connectivity index (χ1n) is 7.26. The molecule has 5 nitrogen and oxygen atoms in total. The predicted molar refractivity (Wildman–Crippen MR) is 84.8 cm³/mol. The molecule has 0 bridgehead atoms. The van der Waals surface area contributed by atoms with E-state index in [9.17, 15) is 4.79 Å². The predicted octanol–water partition coefficient (Wildman–Crippen LogP) is 1.19. The number of ether oxygens (including phenoxy) is 1. The number of benzene rings is 1. The molecule has 1 aromatic carbocycles. The van der Waals surface area contributed by atoms with E-state index in [1.54, 1.807) is 13.2 Å². The van der Waals surface area contributed by atoms with Crippen LogP contribution in [-0.2, 0) is 0 Å². The van der Waals surface area contributed by atoms with Gasteiger partial charge >= 0.3 is 0 Å². The Balaban J connectivity index is 1.66. The summed E-state index contributed by atoms with van der Waals surface area (Å²) in [5, 5.41) is 3.30. The fraction of sp³-hybridized carbons (Fsp3) is 0.533. The Morgan fingerprint density at radius 2 is 2.00 bits per heavy atom. The second-order valence-electron chi connectivity index (χ2n) is 5.49.